The summed E-state index contributed by atoms with van der Waals surface area (Å²) in [7, 11) is 0. The molecule has 0 aromatic heterocycles. The van der Waals surface area contributed by atoms with Gasteiger partial charge in [-0.15, -0.1) is 12.8 Å². The highest BCUT2D eigenvalue weighted by Crippen LogP contribution is 1.85. The highest BCUT2D eigenvalue weighted by atomic mass is 16.3. The average Bonchev–Trinajstić information content (AvgIpc) is 2.74. The van der Waals surface area contributed by atoms with E-state index < -0.39 is 12.2 Å². The van der Waals surface area contributed by atoms with Crippen LogP contribution in [0.4, 0.5) is 0 Å². The molecule has 0 spiro atoms. The molecule has 2 unspecified atom stereocenters. The predicted molar refractivity (Wildman–Crippen MR) is 124 cm³/mol. The molecule has 30 heavy (non-hydrogen) atoms. The number of allylic oxidation sites excluding steroid dienone is 6. The zero-order valence-electron chi connectivity index (χ0n) is 16.8. The summed E-state index contributed by atoms with van der Waals surface area (Å²) >= 11 is 0. The second-order valence-electron chi connectivity index (χ2n) is 4.54. The molecule has 144 valence electrons. The molecule has 0 rings (SSSR count). The first-order chi connectivity index (χ1) is 14.6. The number of aliphatic hydroxyl groups is 2. The van der Waals surface area contributed by atoms with Crippen molar-refractivity contribution in [3.63, 3.8) is 0 Å². The molecule has 0 heterocycles. The largest absolute Gasteiger partial charge is 0.377 e. The summed E-state index contributed by atoms with van der Waals surface area (Å²) in [4.78, 5) is 0. The lowest BCUT2D eigenvalue weighted by Gasteiger charge is -1.88. The van der Waals surface area contributed by atoms with E-state index in [1.807, 2.05) is 26.0 Å². The minimum Gasteiger partial charge on any atom is -0.377 e. The standard InChI is InChI=1S/2C14H10O/c2*1-3-5-7-8-9-11-13-14(15)12-10-6-4-2/h2*1,4,6,10,12,14-15H,2H3/b6-4+,12-10+;6-4-,12-10+. The van der Waals surface area contributed by atoms with Crippen molar-refractivity contribution in [3.8, 4) is 95.7 Å². The first kappa shape index (κ1) is 27.6. The van der Waals surface area contributed by atoms with Crippen LogP contribution in [0.1, 0.15) is 13.8 Å². The Labute approximate surface area is 180 Å². The number of hydrogen-bond donors (Lipinski definition) is 2. The molecule has 2 N–H and O–H groups in total. The molecule has 0 bridgehead atoms. The monoisotopic (exact) mass is 388 g/mol. The molecule has 0 aromatic rings. The maximum absolute atomic E-state index is 9.25. The minimum atomic E-state index is -0.809. The first-order valence-electron chi connectivity index (χ1n) is 8.49. The molecule has 0 fully saturated rings. The van der Waals surface area contributed by atoms with E-state index in [9.17, 15) is 10.2 Å². The van der Waals surface area contributed by atoms with Gasteiger partial charge in [-0.3, -0.25) is 0 Å². The normalized spacial score (nSPS) is 10.2. The van der Waals surface area contributed by atoms with E-state index in [1.54, 1.807) is 36.5 Å². The predicted octanol–water partition coefficient (Wildman–Crippen LogP) is 2.25. The first-order valence-corrected chi connectivity index (χ1v) is 8.49. The molecule has 0 aromatic carbocycles. The molecule has 0 amide bonds. The van der Waals surface area contributed by atoms with Crippen LogP contribution in [0.15, 0.2) is 48.6 Å². The Balaban J connectivity index is 0. The number of rotatable bonds is 4. The van der Waals surface area contributed by atoms with E-state index in [2.05, 4.69) is 82.9 Å². The second-order valence-corrected chi connectivity index (χ2v) is 4.54. The molecule has 0 aliphatic carbocycles. The summed E-state index contributed by atoms with van der Waals surface area (Å²) in [5.41, 5.74) is 0. The van der Waals surface area contributed by atoms with Gasteiger partial charge in [0.1, 0.15) is 12.2 Å². The van der Waals surface area contributed by atoms with Gasteiger partial charge in [-0.05, 0) is 97.0 Å². The molecule has 0 saturated heterocycles. The molecule has 0 saturated carbocycles. The SMILES string of the molecule is C#CC#CC#CC#CC(O)/C=C/C=C/C.C#CC#CC#CC#CC(O)/C=C/C=C\C. The van der Waals surface area contributed by atoms with Crippen molar-refractivity contribution in [2.75, 3.05) is 0 Å². The maximum atomic E-state index is 9.25. The van der Waals surface area contributed by atoms with Gasteiger partial charge in [0, 0.05) is 0 Å². The third-order valence-corrected chi connectivity index (χ3v) is 2.28. The molecule has 2 nitrogen and oxygen atoms in total. The van der Waals surface area contributed by atoms with E-state index >= 15 is 0 Å². The van der Waals surface area contributed by atoms with Crippen LogP contribution in [0, 0.1) is 95.7 Å². The molecule has 2 atom stereocenters. The van der Waals surface area contributed by atoms with Crippen molar-refractivity contribution in [3.05, 3.63) is 48.6 Å². The van der Waals surface area contributed by atoms with Gasteiger partial charge >= 0.3 is 0 Å². The molecular formula is C28H20O2. The van der Waals surface area contributed by atoms with Crippen LogP contribution in [0.25, 0.3) is 0 Å². The third-order valence-electron chi connectivity index (χ3n) is 2.28. The lowest BCUT2D eigenvalue weighted by Crippen LogP contribution is -1.95. The Kier molecular flexibility index (Phi) is 22.4. The smallest absolute Gasteiger partial charge is 0.134 e. The zero-order chi connectivity index (χ0) is 22.7. The van der Waals surface area contributed by atoms with Crippen molar-refractivity contribution >= 4 is 0 Å². The quantitative estimate of drug-likeness (QED) is 0.573. The number of terminal acetylenes is 2. The fourth-order valence-electron chi connectivity index (χ4n) is 1.14. The Hall–Kier alpha value is -4.64. The van der Waals surface area contributed by atoms with Crippen LogP contribution in [0.3, 0.4) is 0 Å². The molecule has 0 aliphatic heterocycles. The summed E-state index contributed by atoms with van der Waals surface area (Å²) in [5.74, 6) is 33.4. The lowest BCUT2D eigenvalue weighted by molar-refractivity contribution is 0.280. The average molecular weight is 388 g/mol. The van der Waals surface area contributed by atoms with Gasteiger partial charge in [-0.2, -0.15) is 0 Å². The highest BCUT2D eigenvalue weighted by Gasteiger charge is 1.87. The fraction of sp³-hybridized carbons (Fsp3) is 0.143. The Morgan fingerprint density at radius 3 is 1.20 bits per heavy atom. The summed E-state index contributed by atoms with van der Waals surface area (Å²) < 4.78 is 0. The zero-order valence-corrected chi connectivity index (χ0v) is 16.8. The minimum absolute atomic E-state index is 0.809. The van der Waals surface area contributed by atoms with E-state index in [-0.39, 0.29) is 0 Å². The van der Waals surface area contributed by atoms with Crippen LogP contribution in [-0.2, 0) is 0 Å². The topological polar surface area (TPSA) is 40.5 Å². The molecule has 2 heteroatoms. The van der Waals surface area contributed by atoms with Gasteiger partial charge in [0.05, 0.1) is 0 Å². The number of aliphatic hydroxyl groups excluding tert-OH is 2. The van der Waals surface area contributed by atoms with Crippen molar-refractivity contribution in [2.24, 2.45) is 0 Å². The second kappa shape index (κ2) is 24.4. The van der Waals surface area contributed by atoms with Gasteiger partial charge in [0.25, 0.3) is 0 Å². The lowest BCUT2D eigenvalue weighted by atomic mass is 10.3. The van der Waals surface area contributed by atoms with Crippen LogP contribution >= 0.6 is 0 Å². The van der Waals surface area contributed by atoms with Crippen molar-refractivity contribution < 1.29 is 10.2 Å². The Morgan fingerprint density at radius 1 is 0.533 bits per heavy atom. The van der Waals surface area contributed by atoms with Gasteiger partial charge in [-0.1, -0.05) is 48.3 Å². The highest BCUT2D eigenvalue weighted by molar-refractivity contribution is 5.40. The van der Waals surface area contributed by atoms with Crippen molar-refractivity contribution in [2.45, 2.75) is 26.1 Å². The summed E-state index contributed by atoms with van der Waals surface area (Å²) in [6.45, 7) is 3.77. The van der Waals surface area contributed by atoms with Gasteiger partial charge in [-0.25, -0.2) is 0 Å². The summed E-state index contributed by atoms with van der Waals surface area (Å²) in [6.07, 6.45) is 22.0. The van der Waals surface area contributed by atoms with Crippen molar-refractivity contribution in [1.82, 2.24) is 0 Å². The molecule has 0 aliphatic rings. The Morgan fingerprint density at radius 2 is 0.867 bits per heavy atom. The van der Waals surface area contributed by atoms with E-state index in [0.29, 0.717) is 0 Å². The van der Waals surface area contributed by atoms with Crippen LogP contribution < -0.4 is 0 Å². The van der Waals surface area contributed by atoms with E-state index in [4.69, 9.17) is 12.8 Å². The van der Waals surface area contributed by atoms with Gasteiger partial charge in [0.15, 0.2) is 0 Å². The Bertz CT molecular complexity index is 998. The van der Waals surface area contributed by atoms with Crippen molar-refractivity contribution in [1.29, 1.82) is 0 Å². The van der Waals surface area contributed by atoms with Crippen LogP contribution in [0.2, 0.25) is 0 Å². The number of hydrogen-bond acceptors (Lipinski definition) is 2. The van der Waals surface area contributed by atoms with E-state index in [1.165, 1.54) is 0 Å². The van der Waals surface area contributed by atoms with Crippen LogP contribution in [0.5, 0.6) is 0 Å². The van der Waals surface area contributed by atoms with E-state index in [0.717, 1.165) is 0 Å². The van der Waals surface area contributed by atoms with Crippen LogP contribution in [-0.4, -0.2) is 22.4 Å². The third kappa shape index (κ3) is 25.6. The fourth-order valence-corrected chi connectivity index (χ4v) is 1.14. The van der Waals surface area contributed by atoms with Gasteiger partial charge < -0.3 is 10.2 Å². The molecular weight excluding hydrogens is 368 g/mol. The maximum Gasteiger partial charge on any atom is 0.134 e. The molecule has 0 radical (unpaired) electrons. The summed E-state index contributed by atoms with van der Waals surface area (Å²) in [6, 6.07) is 0. The van der Waals surface area contributed by atoms with Gasteiger partial charge in [0.2, 0.25) is 0 Å². The summed E-state index contributed by atoms with van der Waals surface area (Å²) in [5, 5.41) is 18.5.